The Morgan fingerprint density at radius 3 is 2.15 bits per heavy atom. The number of para-hydroxylation sites is 1. The van der Waals surface area contributed by atoms with Gasteiger partial charge in [-0.25, -0.2) is 9.97 Å². The first kappa shape index (κ1) is 26.9. The fourth-order valence-corrected chi connectivity index (χ4v) is 7.36. The van der Waals surface area contributed by atoms with E-state index < -0.39 is 0 Å². The lowest BCUT2D eigenvalue weighted by molar-refractivity contribution is 0.669. The highest BCUT2D eigenvalue weighted by atomic mass is 16.3. The molecule has 0 saturated heterocycles. The van der Waals surface area contributed by atoms with Crippen LogP contribution in [0.1, 0.15) is 18.5 Å². The molecular formula is C44H29N3O. The minimum absolute atomic E-state index is 0.677. The van der Waals surface area contributed by atoms with Gasteiger partial charge in [-0.15, -0.1) is 0 Å². The summed E-state index contributed by atoms with van der Waals surface area (Å²) >= 11 is 0. The maximum atomic E-state index is 6.14. The van der Waals surface area contributed by atoms with E-state index >= 15 is 0 Å². The van der Waals surface area contributed by atoms with Crippen molar-refractivity contribution < 1.29 is 4.42 Å². The number of aromatic nitrogens is 3. The van der Waals surface area contributed by atoms with Gasteiger partial charge < -0.3 is 4.42 Å². The highest BCUT2D eigenvalue weighted by Crippen LogP contribution is 2.40. The van der Waals surface area contributed by atoms with Crippen LogP contribution in [0, 0.1) is 0 Å². The molecule has 3 aromatic heterocycles. The number of hydrogen-bond acceptors (Lipinski definition) is 3. The molecule has 226 valence electrons. The van der Waals surface area contributed by atoms with E-state index in [0.29, 0.717) is 5.95 Å². The molecule has 0 bridgehead atoms. The Hall–Kier alpha value is -6.26. The van der Waals surface area contributed by atoms with Crippen LogP contribution in [0.4, 0.5) is 0 Å². The van der Waals surface area contributed by atoms with Gasteiger partial charge in [-0.3, -0.25) is 4.57 Å². The zero-order valence-corrected chi connectivity index (χ0v) is 26.1. The summed E-state index contributed by atoms with van der Waals surface area (Å²) in [4.78, 5) is 10.5. The van der Waals surface area contributed by atoms with Crippen molar-refractivity contribution in [3.8, 4) is 28.3 Å². The van der Waals surface area contributed by atoms with Crippen LogP contribution in [-0.4, -0.2) is 14.5 Å². The zero-order valence-electron chi connectivity index (χ0n) is 26.1. The van der Waals surface area contributed by atoms with E-state index in [2.05, 4.69) is 138 Å². The molecule has 48 heavy (non-hydrogen) atoms. The van der Waals surface area contributed by atoms with Gasteiger partial charge in [-0.2, -0.15) is 0 Å². The van der Waals surface area contributed by atoms with E-state index in [4.69, 9.17) is 14.4 Å². The molecule has 1 aliphatic carbocycles. The van der Waals surface area contributed by atoms with E-state index in [-0.39, 0.29) is 0 Å². The molecule has 0 unspecified atom stereocenters. The van der Waals surface area contributed by atoms with E-state index in [9.17, 15) is 0 Å². The van der Waals surface area contributed by atoms with Crippen molar-refractivity contribution in [3.05, 3.63) is 157 Å². The number of furan rings is 1. The van der Waals surface area contributed by atoms with Crippen molar-refractivity contribution in [2.45, 2.75) is 12.8 Å². The van der Waals surface area contributed by atoms with Crippen molar-refractivity contribution in [2.24, 2.45) is 0 Å². The molecule has 3 heterocycles. The van der Waals surface area contributed by atoms with Gasteiger partial charge in [-0.1, -0.05) is 109 Å². The number of nitrogens with zero attached hydrogens (tertiary/aromatic N) is 3. The fourth-order valence-electron chi connectivity index (χ4n) is 7.36. The summed E-state index contributed by atoms with van der Waals surface area (Å²) in [5, 5.41) is 7.06. The fraction of sp³-hybridized carbons (Fsp3) is 0.0455. The van der Waals surface area contributed by atoms with Crippen LogP contribution in [0.2, 0.25) is 0 Å². The molecule has 0 amide bonds. The molecule has 9 aromatic rings. The number of allylic oxidation sites excluding steroid dienone is 4. The Bertz CT molecular complexity index is 2780. The lowest BCUT2D eigenvalue weighted by Gasteiger charge is -2.14. The molecule has 0 N–H and O–H groups in total. The number of fused-ring (bicyclic) bond motifs is 8. The lowest BCUT2D eigenvalue weighted by atomic mass is 9.99. The molecule has 0 aliphatic heterocycles. The number of rotatable bonds is 4. The Labute approximate surface area is 276 Å². The van der Waals surface area contributed by atoms with Crippen LogP contribution in [0.25, 0.3) is 88.4 Å². The molecule has 0 radical (unpaired) electrons. The lowest BCUT2D eigenvalue weighted by Crippen LogP contribution is -2.05. The first-order chi connectivity index (χ1) is 23.8. The summed E-state index contributed by atoms with van der Waals surface area (Å²) in [6.45, 7) is 0. The standard InChI is InChI=1S/C44H29N3O/c1-3-12-29(13-4-1)37-27-38(30-14-5-2-6-15-30)46-44(45-37)47-39-22-20-31(26-36(39)43-33-16-8-7-11-28(33)19-23-40(43)47)32-21-24-42-35(25-32)34-17-9-10-18-41(34)48-42/h1-5,7-14,16-27H,6,15H2. The SMILES string of the molecule is C1=CCCC(c2cc(-c3ccccc3)nc(-n3c4ccc(-c5ccc6oc7ccccc7c6c5)cc4c4c5ccccc5ccc43)n2)=C1. The maximum Gasteiger partial charge on any atom is 0.235 e. The van der Waals surface area contributed by atoms with E-state index in [0.717, 1.165) is 73.9 Å². The molecule has 0 saturated carbocycles. The third-order valence-electron chi connectivity index (χ3n) is 9.69. The van der Waals surface area contributed by atoms with Gasteiger partial charge in [0.2, 0.25) is 5.95 Å². The molecule has 0 fully saturated rings. The third kappa shape index (κ3) is 4.23. The summed E-state index contributed by atoms with van der Waals surface area (Å²) in [6.07, 6.45) is 8.51. The maximum absolute atomic E-state index is 6.14. The van der Waals surface area contributed by atoms with Gasteiger partial charge >= 0.3 is 0 Å². The van der Waals surface area contributed by atoms with Crippen LogP contribution < -0.4 is 0 Å². The highest BCUT2D eigenvalue weighted by Gasteiger charge is 2.20. The molecule has 4 nitrogen and oxygen atoms in total. The van der Waals surface area contributed by atoms with Crippen molar-refractivity contribution in [1.82, 2.24) is 14.5 Å². The van der Waals surface area contributed by atoms with Crippen molar-refractivity contribution in [2.75, 3.05) is 0 Å². The van der Waals surface area contributed by atoms with Crippen molar-refractivity contribution >= 4 is 60.1 Å². The molecule has 0 atom stereocenters. The van der Waals surface area contributed by atoms with Gasteiger partial charge in [0.1, 0.15) is 11.2 Å². The predicted molar refractivity (Wildman–Crippen MR) is 198 cm³/mol. The summed E-state index contributed by atoms with van der Waals surface area (Å²) < 4.78 is 8.39. The van der Waals surface area contributed by atoms with E-state index in [1.54, 1.807) is 0 Å². The molecule has 1 aliphatic rings. The van der Waals surface area contributed by atoms with Gasteiger partial charge in [0.15, 0.2) is 0 Å². The molecular weight excluding hydrogens is 587 g/mol. The molecule has 6 aromatic carbocycles. The Morgan fingerprint density at radius 1 is 0.542 bits per heavy atom. The Kier molecular flexibility index (Phi) is 5.97. The second-order valence-corrected chi connectivity index (χ2v) is 12.5. The minimum Gasteiger partial charge on any atom is -0.456 e. The van der Waals surface area contributed by atoms with Crippen LogP contribution in [0.15, 0.2) is 156 Å². The second kappa shape index (κ2) is 10.6. The smallest absolute Gasteiger partial charge is 0.235 e. The first-order valence-electron chi connectivity index (χ1n) is 16.5. The number of benzene rings is 6. The third-order valence-corrected chi connectivity index (χ3v) is 9.69. The van der Waals surface area contributed by atoms with Crippen molar-refractivity contribution in [3.63, 3.8) is 0 Å². The molecule has 10 rings (SSSR count). The normalized spacial score (nSPS) is 13.3. The Morgan fingerprint density at radius 2 is 1.27 bits per heavy atom. The predicted octanol–water partition coefficient (Wildman–Crippen LogP) is 11.7. The largest absolute Gasteiger partial charge is 0.456 e. The average molecular weight is 616 g/mol. The van der Waals surface area contributed by atoms with Gasteiger partial charge in [0.05, 0.1) is 22.4 Å². The summed E-state index contributed by atoms with van der Waals surface area (Å²) in [5.41, 5.74) is 10.5. The van der Waals surface area contributed by atoms with Crippen LogP contribution in [0.3, 0.4) is 0 Å². The molecule has 0 spiro atoms. The zero-order chi connectivity index (χ0) is 31.6. The second-order valence-electron chi connectivity index (χ2n) is 12.5. The minimum atomic E-state index is 0.677. The first-order valence-corrected chi connectivity index (χ1v) is 16.5. The van der Waals surface area contributed by atoms with Crippen LogP contribution in [0.5, 0.6) is 0 Å². The van der Waals surface area contributed by atoms with E-state index in [1.165, 1.54) is 27.1 Å². The summed E-state index contributed by atoms with van der Waals surface area (Å²) in [5.74, 6) is 0.677. The van der Waals surface area contributed by atoms with Gasteiger partial charge in [-0.05, 0) is 82.8 Å². The topological polar surface area (TPSA) is 43.9 Å². The quantitative estimate of drug-likeness (QED) is 0.198. The van der Waals surface area contributed by atoms with E-state index in [1.807, 2.05) is 18.2 Å². The highest BCUT2D eigenvalue weighted by molar-refractivity contribution is 6.22. The monoisotopic (exact) mass is 615 g/mol. The summed E-state index contributed by atoms with van der Waals surface area (Å²) in [7, 11) is 0. The summed E-state index contributed by atoms with van der Waals surface area (Å²) in [6, 6.07) is 47.2. The van der Waals surface area contributed by atoms with Crippen LogP contribution in [-0.2, 0) is 0 Å². The van der Waals surface area contributed by atoms with Gasteiger partial charge in [0, 0.05) is 27.1 Å². The molecule has 4 heteroatoms. The van der Waals surface area contributed by atoms with Crippen molar-refractivity contribution in [1.29, 1.82) is 0 Å². The number of hydrogen-bond donors (Lipinski definition) is 0. The van der Waals surface area contributed by atoms with Crippen LogP contribution >= 0.6 is 0 Å². The average Bonchev–Trinajstić information content (AvgIpc) is 3.70. The van der Waals surface area contributed by atoms with Gasteiger partial charge in [0.25, 0.3) is 0 Å². The Balaban J connectivity index is 1.25.